The van der Waals surface area contributed by atoms with Crippen molar-refractivity contribution >= 4 is 5.82 Å². The molecule has 4 atom stereocenters. The predicted molar refractivity (Wildman–Crippen MR) is 113 cm³/mol. The van der Waals surface area contributed by atoms with Crippen molar-refractivity contribution in [3.05, 3.63) is 43.0 Å². The Morgan fingerprint density at radius 3 is 2.77 bits per heavy atom. The molecule has 0 aliphatic carbocycles. The number of benzene rings is 1. The zero-order chi connectivity index (χ0) is 20.7. The minimum absolute atomic E-state index is 0.0668. The Hall–Kier alpha value is -3.00. The molecule has 2 aromatic heterocycles. The number of phenolic OH excluding ortho intramolecular Hbond substituents is 1. The van der Waals surface area contributed by atoms with Gasteiger partial charge in [0, 0.05) is 36.5 Å². The molecule has 0 unspecified atom stereocenters. The fourth-order valence-electron chi connectivity index (χ4n) is 4.70. The van der Waals surface area contributed by atoms with E-state index in [1.54, 1.807) is 30.9 Å². The average Bonchev–Trinajstić information content (AvgIpc) is 3.31. The van der Waals surface area contributed by atoms with Gasteiger partial charge in [0.2, 0.25) is 0 Å². The molecule has 156 valence electrons. The minimum Gasteiger partial charge on any atom is -0.507 e. The molecule has 8 heteroatoms. The number of rotatable bonds is 4. The van der Waals surface area contributed by atoms with Crippen molar-refractivity contribution in [2.75, 3.05) is 11.9 Å². The molecule has 0 radical (unpaired) electrons. The number of H-pyrrole nitrogens is 1. The number of halogens is 1. The molecule has 0 saturated carbocycles. The summed E-state index contributed by atoms with van der Waals surface area (Å²) in [6, 6.07) is 5.51. The van der Waals surface area contributed by atoms with Gasteiger partial charge in [-0.25, -0.2) is 9.37 Å². The summed E-state index contributed by atoms with van der Waals surface area (Å²) >= 11 is 0. The van der Waals surface area contributed by atoms with Gasteiger partial charge in [-0.05, 0) is 37.0 Å². The van der Waals surface area contributed by atoms with Crippen molar-refractivity contribution in [1.29, 1.82) is 0 Å². The Balaban J connectivity index is 1.35. The molecule has 3 aromatic rings. The summed E-state index contributed by atoms with van der Waals surface area (Å²) in [5, 5.41) is 20.6. The van der Waals surface area contributed by atoms with E-state index in [1.807, 2.05) is 24.1 Å². The Labute approximate surface area is 174 Å². The van der Waals surface area contributed by atoms with E-state index < -0.39 is 6.17 Å². The fraction of sp³-hybridized carbons (Fsp3) is 0.409. The van der Waals surface area contributed by atoms with Crippen LogP contribution in [-0.2, 0) is 0 Å². The van der Waals surface area contributed by atoms with Crippen LogP contribution in [0, 0.1) is 0 Å². The highest BCUT2D eigenvalue weighted by atomic mass is 19.1. The first-order valence-corrected chi connectivity index (χ1v) is 10.4. The van der Waals surface area contributed by atoms with E-state index in [0.717, 1.165) is 36.8 Å². The third-order valence-corrected chi connectivity index (χ3v) is 6.40. The van der Waals surface area contributed by atoms with Gasteiger partial charge in [-0.15, -0.1) is 0 Å². The summed E-state index contributed by atoms with van der Waals surface area (Å²) in [7, 11) is 1.89. The summed E-state index contributed by atoms with van der Waals surface area (Å²) in [6.07, 6.45) is 9.69. The number of aromatic hydroxyl groups is 1. The van der Waals surface area contributed by atoms with Crippen LogP contribution in [0.5, 0.6) is 5.75 Å². The van der Waals surface area contributed by atoms with Crippen molar-refractivity contribution in [2.45, 2.75) is 50.0 Å². The van der Waals surface area contributed by atoms with Gasteiger partial charge < -0.3 is 15.3 Å². The summed E-state index contributed by atoms with van der Waals surface area (Å²) in [5.41, 5.74) is 2.93. The second-order valence-corrected chi connectivity index (χ2v) is 8.24. The Bertz CT molecular complexity index is 1010. The lowest BCUT2D eigenvalue weighted by Crippen LogP contribution is -2.61. The minimum atomic E-state index is -0.924. The standard InChI is InChI=1S/C22H25FN6O/c1-29(19-8-15-3-2-4-17(28-15)22(19)23)21-12-24-18(11-25-21)16-6-5-13(7-20(16)30)14-9-26-27-10-14/h5-7,9-12,15,17,19,22,28,30H,2-4,8H2,1H3,(H,26,27)/t15-,17+,19-,22+/m0/s1. The van der Waals surface area contributed by atoms with E-state index in [4.69, 9.17) is 0 Å². The number of hydrogen-bond acceptors (Lipinski definition) is 6. The van der Waals surface area contributed by atoms with Gasteiger partial charge in [-0.2, -0.15) is 5.10 Å². The highest BCUT2D eigenvalue weighted by molar-refractivity contribution is 5.73. The molecule has 4 heterocycles. The second kappa shape index (κ2) is 7.68. The van der Waals surface area contributed by atoms with Crippen LogP contribution in [0.4, 0.5) is 10.2 Å². The summed E-state index contributed by atoms with van der Waals surface area (Å²) in [6.45, 7) is 0. The lowest BCUT2D eigenvalue weighted by atomic mass is 9.82. The lowest BCUT2D eigenvalue weighted by Gasteiger charge is -2.46. The Morgan fingerprint density at radius 1 is 1.13 bits per heavy atom. The monoisotopic (exact) mass is 408 g/mol. The van der Waals surface area contributed by atoms with Gasteiger partial charge in [0.05, 0.1) is 30.3 Å². The van der Waals surface area contributed by atoms with Crippen LogP contribution in [0.1, 0.15) is 25.7 Å². The van der Waals surface area contributed by atoms with Gasteiger partial charge in [0.1, 0.15) is 17.7 Å². The molecule has 1 aromatic carbocycles. The molecule has 2 fully saturated rings. The van der Waals surface area contributed by atoms with Gasteiger partial charge in [-0.3, -0.25) is 10.1 Å². The van der Waals surface area contributed by atoms with Crippen LogP contribution in [0.15, 0.2) is 43.0 Å². The maximum Gasteiger partial charge on any atom is 0.147 e. The van der Waals surface area contributed by atoms with Gasteiger partial charge in [0.15, 0.2) is 0 Å². The molecular formula is C22H25FN6O. The number of fused-ring (bicyclic) bond motifs is 2. The first-order valence-electron chi connectivity index (χ1n) is 10.4. The van der Waals surface area contributed by atoms with E-state index in [9.17, 15) is 5.11 Å². The van der Waals surface area contributed by atoms with Crippen LogP contribution in [0.25, 0.3) is 22.4 Å². The molecule has 2 bridgehead atoms. The predicted octanol–water partition coefficient (Wildman–Crippen LogP) is 3.30. The number of nitrogens with zero attached hydrogens (tertiary/aromatic N) is 4. The van der Waals surface area contributed by atoms with Crippen molar-refractivity contribution in [1.82, 2.24) is 25.5 Å². The number of aromatic nitrogens is 4. The van der Waals surface area contributed by atoms with Crippen molar-refractivity contribution in [3.8, 4) is 28.1 Å². The number of hydrogen-bond donors (Lipinski definition) is 3. The Morgan fingerprint density at radius 2 is 2.03 bits per heavy atom. The van der Waals surface area contributed by atoms with Gasteiger partial charge in [-0.1, -0.05) is 12.5 Å². The third kappa shape index (κ3) is 3.41. The van der Waals surface area contributed by atoms with E-state index in [-0.39, 0.29) is 17.8 Å². The first kappa shape index (κ1) is 19.0. The molecule has 0 amide bonds. The van der Waals surface area contributed by atoms with Crippen LogP contribution < -0.4 is 10.2 Å². The molecule has 7 nitrogen and oxygen atoms in total. The SMILES string of the molecule is CN(c1cnc(-c2ccc(-c3cn[nH]c3)cc2O)cn1)[C@H]1C[C@@H]2CCC[C@@H](N2)[C@H]1F. The number of aromatic amines is 1. The largest absolute Gasteiger partial charge is 0.507 e. The maximum absolute atomic E-state index is 15.0. The van der Waals surface area contributed by atoms with Gasteiger partial charge in [0.25, 0.3) is 0 Å². The molecule has 2 aliphatic rings. The number of alkyl halides is 1. The first-order chi connectivity index (χ1) is 14.6. The fourth-order valence-corrected chi connectivity index (χ4v) is 4.70. The topological polar surface area (TPSA) is 90.0 Å². The van der Waals surface area contributed by atoms with E-state index in [1.165, 1.54) is 0 Å². The number of nitrogens with one attached hydrogen (secondary N) is 2. The molecule has 2 saturated heterocycles. The molecule has 0 spiro atoms. The number of anilines is 1. The summed E-state index contributed by atoms with van der Waals surface area (Å²) in [4.78, 5) is 10.9. The summed E-state index contributed by atoms with van der Waals surface area (Å²) < 4.78 is 15.0. The average molecular weight is 408 g/mol. The van der Waals surface area contributed by atoms with Crippen LogP contribution >= 0.6 is 0 Å². The van der Waals surface area contributed by atoms with Crippen molar-refractivity contribution in [2.24, 2.45) is 0 Å². The van der Waals surface area contributed by atoms with E-state index >= 15 is 4.39 Å². The van der Waals surface area contributed by atoms with Crippen LogP contribution in [0.2, 0.25) is 0 Å². The number of phenols is 1. The number of piperidine rings is 2. The second-order valence-electron chi connectivity index (χ2n) is 8.24. The van der Waals surface area contributed by atoms with E-state index in [0.29, 0.717) is 23.1 Å². The zero-order valence-electron chi connectivity index (χ0n) is 16.8. The quantitative estimate of drug-likeness (QED) is 0.614. The third-order valence-electron chi connectivity index (χ3n) is 6.40. The maximum atomic E-state index is 15.0. The molecule has 2 aliphatic heterocycles. The smallest absolute Gasteiger partial charge is 0.147 e. The highest BCUT2D eigenvalue weighted by Gasteiger charge is 2.41. The normalized spacial score (nSPS) is 25.8. The van der Waals surface area contributed by atoms with Gasteiger partial charge >= 0.3 is 0 Å². The zero-order valence-corrected chi connectivity index (χ0v) is 16.8. The van der Waals surface area contributed by atoms with Crippen molar-refractivity contribution in [3.63, 3.8) is 0 Å². The molecule has 3 N–H and O–H groups in total. The van der Waals surface area contributed by atoms with Crippen LogP contribution in [-0.4, -0.2) is 56.6 Å². The molecule has 30 heavy (non-hydrogen) atoms. The molecule has 5 rings (SSSR count). The highest BCUT2D eigenvalue weighted by Crippen LogP contribution is 2.34. The van der Waals surface area contributed by atoms with E-state index in [2.05, 4.69) is 25.5 Å². The summed E-state index contributed by atoms with van der Waals surface area (Å²) in [5.74, 6) is 0.764. The molecular weight excluding hydrogens is 383 g/mol. The van der Waals surface area contributed by atoms with Crippen molar-refractivity contribution < 1.29 is 9.50 Å². The Kier molecular flexibility index (Phi) is 4.86. The van der Waals surface area contributed by atoms with Crippen LogP contribution in [0.3, 0.4) is 0 Å². The lowest BCUT2D eigenvalue weighted by molar-refractivity contribution is 0.107.